The smallest absolute Gasteiger partial charge is 0.193 e. The van der Waals surface area contributed by atoms with Gasteiger partial charge in [0.25, 0.3) is 0 Å². The molecule has 2 fully saturated rings. The molecular formula is C37H77IO6Si4. The lowest BCUT2D eigenvalue weighted by molar-refractivity contribution is -0.267. The number of rotatable bonds is 15. The fourth-order valence-electron chi connectivity index (χ4n) is 6.03. The lowest BCUT2D eigenvalue weighted by Gasteiger charge is -2.56. The van der Waals surface area contributed by atoms with Crippen LogP contribution < -0.4 is 0 Å². The third-order valence-electron chi connectivity index (χ3n) is 12.9. The molecule has 2 rings (SSSR count). The van der Waals surface area contributed by atoms with Crippen molar-refractivity contribution >= 4 is 55.9 Å². The SMILES string of the molecule is CC[Si](CC)(CC)OCC[C@H]1CCC2O[C@@H](C(/C=C/I)O[Si](C)(C)C(C)(C)C)[C@@H](O[Si](C)(C)C(C)(C)C)C(O[Si](C)(C)C(C)(C)C)[C@H]2O1. The highest BCUT2D eigenvalue weighted by Crippen LogP contribution is 2.47. The quantitative estimate of drug-likeness (QED) is 0.121. The zero-order chi connectivity index (χ0) is 37.1. The van der Waals surface area contributed by atoms with Crippen molar-refractivity contribution in [1.29, 1.82) is 0 Å². The van der Waals surface area contributed by atoms with E-state index in [-0.39, 0.29) is 57.8 Å². The molecule has 2 heterocycles. The first-order valence-electron chi connectivity index (χ1n) is 19.0. The summed E-state index contributed by atoms with van der Waals surface area (Å²) in [6.45, 7) is 42.6. The first-order valence-corrected chi connectivity index (χ1v) is 31.5. The molecule has 0 radical (unpaired) electrons. The van der Waals surface area contributed by atoms with Crippen LogP contribution in [0, 0.1) is 0 Å². The molecule has 6 nitrogen and oxygen atoms in total. The van der Waals surface area contributed by atoms with Crippen molar-refractivity contribution in [2.75, 3.05) is 6.61 Å². The van der Waals surface area contributed by atoms with Crippen molar-refractivity contribution in [1.82, 2.24) is 0 Å². The molecule has 0 aromatic rings. The van der Waals surface area contributed by atoms with Crippen LogP contribution in [0.15, 0.2) is 10.2 Å². The third-order valence-corrected chi connectivity index (χ3v) is 31.4. The summed E-state index contributed by atoms with van der Waals surface area (Å²) >= 11 is 2.33. The second kappa shape index (κ2) is 17.1. The molecular weight excluding hydrogens is 780 g/mol. The van der Waals surface area contributed by atoms with Crippen molar-refractivity contribution in [3.63, 3.8) is 0 Å². The fraction of sp³-hybridized carbons (Fsp3) is 0.946. The van der Waals surface area contributed by atoms with E-state index >= 15 is 0 Å². The van der Waals surface area contributed by atoms with Crippen LogP contribution in [-0.4, -0.2) is 82.6 Å². The van der Waals surface area contributed by atoms with Crippen LogP contribution in [0.4, 0.5) is 0 Å². The second-order valence-corrected chi connectivity index (χ2v) is 38.9. The van der Waals surface area contributed by atoms with Crippen molar-refractivity contribution in [3.8, 4) is 0 Å². The molecule has 48 heavy (non-hydrogen) atoms. The Kier molecular flexibility index (Phi) is 16.1. The Morgan fingerprint density at radius 2 is 1.19 bits per heavy atom. The second-order valence-electron chi connectivity index (χ2n) is 19.2. The summed E-state index contributed by atoms with van der Waals surface area (Å²) < 4.78 is 45.5. The summed E-state index contributed by atoms with van der Waals surface area (Å²) in [6.07, 6.45) is 3.74. The van der Waals surface area contributed by atoms with Gasteiger partial charge in [0.05, 0.1) is 18.3 Å². The molecule has 0 amide bonds. The average Bonchev–Trinajstić information content (AvgIpc) is 2.94. The molecule has 3 unspecified atom stereocenters. The number of hydrogen-bond donors (Lipinski definition) is 0. The number of fused-ring (bicyclic) bond motifs is 1. The standard InChI is InChI=1S/C37H77IO6Si4/c1-19-48(20-2,21-3)39-27-25-28-22-23-29-31(40-28)33(43-46(15,16)36(7,8)9)34(44-47(17,18)37(10,11)12)32(41-29)30(24-26-38)42-45(13,14)35(4,5)6/h24,26,28-34H,19-23,25,27H2,1-18H3/b26-24+/t28-,29?,30?,31+,32+,33?,34-/m1/s1. The van der Waals surface area contributed by atoms with E-state index in [2.05, 4.69) is 155 Å². The molecule has 2 saturated heterocycles. The van der Waals surface area contributed by atoms with Crippen LogP contribution >= 0.6 is 22.6 Å². The van der Waals surface area contributed by atoms with Gasteiger partial charge in [-0.15, -0.1) is 0 Å². The van der Waals surface area contributed by atoms with Gasteiger partial charge < -0.3 is 27.2 Å². The first-order chi connectivity index (χ1) is 21.7. The van der Waals surface area contributed by atoms with Crippen molar-refractivity contribution in [2.24, 2.45) is 0 Å². The lowest BCUT2D eigenvalue weighted by atomic mass is 9.87. The van der Waals surface area contributed by atoms with E-state index in [1.54, 1.807) is 0 Å². The Bertz CT molecular complexity index is 1020. The highest BCUT2D eigenvalue weighted by atomic mass is 127. The van der Waals surface area contributed by atoms with Gasteiger partial charge in [0.1, 0.15) is 24.4 Å². The molecule has 2 aliphatic rings. The monoisotopic (exact) mass is 856 g/mol. The molecule has 11 heteroatoms. The van der Waals surface area contributed by atoms with Crippen LogP contribution in [0.3, 0.4) is 0 Å². The third kappa shape index (κ3) is 11.1. The van der Waals surface area contributed by atoms with Gasteiger partial charge in [0.2, 0.25) is 0 Å². The van der Waals surface area contributed by atoms with E-state index in [0.29, 0.717) is 0 Å². The summed E-state index contributed by atoms with van der Waals surface area (Å²) in [6, 6.07) is 3.51. The highest BCUT2D eigenvalue weighted by Gasteiger charge is 2.57. The fourth-order valence-corrected chi connectivity index (χ4v) is 13.0. The number of halogens is 1. The zero-order valence-electron chi connectivity index (χ0n) is 34.5. The maximum atomic E-state index is 7.54. The predicted octanol–water partition coefficient (Wildman–Crippen LogP) is 11.8. The Morgan fingerprint density at radius 3 is 1.62 bits per heavy atom. The van der Waals surface area contributed by atoms with Crippen LogP contribution in [-0.2, 0) is 27.2 Å². The van der Waals surface area contributed by atoms with E-state index in [1.807, 2.05) is 0 Å². The Hall–Kier alpha value is 1.10. The summed E-state index contributed by atoms with van der Waals surface area (Å²) in [5, 5.41) is 0.116. The predicted molar refractivity (Wildman–Crippen MR) is 224 cm³/mol. The van der Waals surface area contributed by atoms with Crippen LogP contribution in [0.2, 0.25) is 72.5 Å². The normalized spacial score (nSPS) is 27.7. The largest absolute Gasteiger partial charge is 0.417 e. The molecule has 284 valence electrons. The lowest BCUT2D eigenvalue weighted by Crippen LogP contribution is -2.69. The van der Waals surface area contributed by atoms with Crippen LogP contribution in [0.1, 0.15) is 102 Å². The highest BCUT2D eigenvalue weighted by molar-refractivity contribution is 14.1. The van der Waals surface area contributed by atoms with Gasteiger partial charge in [-0.2, -0.15) is 0 Å². The molecule has 0 N–H and O–H groups in total. The summed E-state index contributed by atoms with van der Waals surface area (Å²) in [7, 11) is -8.34. The molecule has 0 spiro atoms. The topological polar surface area (TPSA) is 55.4 Å². The average molecular weight is 857 g/mol. The maximum Gasteiger partial charge on any atom is 0.193 e. The molecule has 0 bridgehead atoms. The van der Waals surface area contributed by atoms with E-state index in [9.17, 15) is 0 Å². The minimum Gasteiger partial charge on any atom is -0.417 e. The molecule has 0 aromatic heterocycles. The van der Waals surface area contributed by atoms with E-state index in [0.717, 1.165) is 25.9 Å². The van der Waals surface area contributed by atoms with Crippen molar-refractivity contribution in [3.05, 3.63) is 10.2 Å². The molecule has 0 aliphatic carbocycles. The Labute approximate surface area is 315 Å². The minimum atomic E-state index is -2.28. The van der Waals surface area contributed by atoms with Gasteiger partial charge in [-0.3, -0.25) is 0 Å². The van der Waals surface area contributed by atoms with Gasteiger partial charge in [-0.05, 0) is 102 Å². The van der Waals surface area contributed by atoms with E-state index < -0.39 is 33.3 Å². The van der Waals surface area contributed by atoms with Gasteiger partial charge in [-0.1, -0.05) is 106 Å². The van der Waals surface area contributed by atoms with E-state index in [4.69, 9.17) is 27.2 Å². The Balaban J connectivity index is 2.65. The molecule has 0 saturated carbocycles. The van der Waals surface area contributed by atoms with Gasteiger partial charge in [0, 0.05) is 6.61 Å². The summed E-state index contributed by atoms with van der Waals surface area (Å²) in [4.78, 5) is 0. The van der Waals surface area contributed by atoms with Crippen LogP contribution in [0.25, 0.3) is 0 Å². The summed E-state index contributed by atoms with van der Waals surface area (Å²) in [5.74, 6) is 0. The maximum absolute atomic E-state index is 7.54. The Morgan fingerprint density at radius 1 is 0.708 bits per heavy atom. The van der Waals surface area contributed by atoms with Crippen molar-refractivity contribution in [2.45, 2.75) is 218 Å². The van der Waals surface area contributed by atoms with Crippen molar-refractivity contribution < 1.29 is 27.2 Å². The number of hydrogen-bond acceptors (Lipinski definition) is 6. The first kappa shape index (κ1) is 45.3. The zero-order valence-corrected chi connectivity index (χ0v) is 40.6. The van der Waals surface area contributed by atoms with Gasteiger partial charge in [-0.25, -0.2) is 0 Å². The summed E-state index contributed by atoms with van der Waals surface area (Å²) in [5.41, 5.74) is 0. The van der Waals surface area contributed by atoms with Gasteiger partial charge >= 0.3 is 0 Å². The molecule has 7 atom stereocenters. The van der Waals surface area contributed by atoms with E-state index in [1.165, 1.54) is 18.1 Å². The number of ether oxygens (including phenoxy) is 2. The molecule has 0 aromatic carbocycles. The van der Waals surface area contributed by atoms with Gasteiger partial charge in [0.15, 0.2) is 33.3 Å². The molecule has 2 aliphatic heterocycles. The van der Waals surface area contributed by atoms with Crippen LogP contribution in [0.5, 0.6) is 0 Å². The minimum absolute atomic E-state index is 0.0202.